The monoisotopic (exact) mass is 537 g/mol. The molecule has 4 N–H and O–H groups in total. The van der Waals surface area contributed by atoms with E-state index >= 15 is 0 Å². The van der Waals surface area contributed by atoms with Crippen LogP contribution in [0.25, 0.3) is 11.3 Å². The second-order valence-corrected chi connectivity index (χ2v) is 10.6. The fraction of sp³-hybridized carbons (Fsp3) is 0.281. The van der Waals surface area contributed by atoms with Crippen LogP contribution in [-0.4, -0.2) is 28.7 Å². The highest BCUT2D eigenvalue weighted by molar-refractivity contribution is 6.04. The third-order valence-electron chi connectivity index (χ3n) is 7.50. The largest absolute Gasteiger partial charge is 0.496 e. The molecule has 0 radical (unpaired) electrons. The summed E-state index contributed by atoms with van der Waals surface area (Å²) in [5.74, 6) is 0.843. The van der Waals surface area contributed by atoms with E-state index < -0.39 is 5.91 Å². The number of hydrogen-bond donors (Lipinski definition) is 3. The van der Waals surface area contributed by atoms with Crippen molar-refractivity contribution in [3.63, 3.8) is 0 Å². The number of nitrogens with one attached hydrogen (secondary N) is 2. The number of anilines is 2. The van der Waals surface area contributed by atoms with Crippen molar-refractivity contribution < 1.29 is 14.3 Å². The average Bonchev–Trinajstić information content (AvgIpc) is 3.19. The fourth-order valence-corrected chi connectivity index (χ4v) is 5.14. The maximum atomic E-state index is 12.8. The van der Waals surface area contributed by atoms with E-state index in [1.54, 1.807) is 13.2 Å². The zero-order chi connectivity index (χ0) is 28.6. The molecule has 0 unspecified atom stereocenters. The van der Waals surface area contributed by atoms with Gasteiger partial charge in [-0.1, -0.05) is 44.2 Å². The Hall–Kier alpha value is -4.59. The first kappa shape index (κ1) is 27.0. The van der Waals surface area contributed by atoms with Gasteiger partial charge in [-0.15, -0.1) is 0 Å². The van der Waals surface area contributed by atoms with Gasteiger partial charge in [-0.2, -0.15) is 5.10 Å². The third kappa shape index (κ3) is 5.17. The van der Waals surface area contributed by atoms with Crippen LogP contribution in [0.1, 0.15) is 68.3 Å². The number of amides is 2. The number of benzene rings is 3. The lowest BCUT2D eigenvalue weighted by Crippen LogP contribution is -2.23. The van der Waals surface area contributed by atoms with E-state index in [1.165, 1.54) is 11.1 Å². The van der Waals surface area contributed by atoms with Gasteiger partial charge >= 0.3 is 0 Å². The van der Waals surface area contributed by atoms with Crippen molar-refractivity contribution in [2.45, 2.75) is 53.1 Å². The van der Waals surface area contributed by atoms with Gasteiger partial charge in [0.15, 0.2) is 0 Å². The van der Waals surface area contributed by atoms with Gasteiger partial charge in [-0.05, 0) is 78.3 Å². The molecule has 8 heteroatoms. The van der Waals surface area contributed by atoms with Crippen LogP contribution < -0.4 is 21.1 Å². The Morgan fingerprint density at radius 2 is 1.90 bits per heavy atom. The highest BCUT2D eigenvalue weighted by Gasteiger charge is 2.26. The maximum absolute atomic E-state index is 12.8. The molecule has 2 amide bonds. The molecule has 5 rings (SSSR count). The Morgan fingerprint density at radius 3 is 2.60 bits per heavy atom. The first-order chi connectivity index (χ1) is 19.2. The summed E-state index contributed by atoms with van der Waals surface area (Å²) < 4.78 is 7.22. The molecule has 0 saturated heterocycles. The molecular formula is C32H35N5O3. The topological polar surface area (TPSA) is 111 Å². The molecule has 0 fully saturated rings. The Balaban J connectivity index is 1.40. The molecule has 3 aromatic carbocycles. The second kappa shape index (κ2) is 10.9. The lowest BCUT2D eigenvalue weighted by Gasteiger charge is -2.13. The van der Waals surface area contributed by atoms with Gasteiger partial charge in [0.05, 0.1) is 12.7 Å². The summed E-state index contributed by atoms with van der Waals surface area (Å²) >= 11 is 0. The molecule has 1 aliphatic heterocycles. The molecule has 4 aromatic rings. The van der Waals surface area contributed by atoms with E-state index in [0.29, 0.717) is 47.4 Å². The Morgan fingerprint density at radius 1 is 1.10 bits per heavy atom. The summed E-state index contributed by atoms with van der Waals surface area (Å²) in [7, 11) is 1.56. The van der Waals surface area contributed by atoms with Crippen molar-refractivity contribution in [2.24, 2.45) is 5.73 Å². The Kier molecular flexibility index (Phi) is 7.34. The molecular weight excluding hydrogens is 502 g/mol. The van der Waals surface area contributed by atoms with Crippen LogP contribution in [0.5, 0.6) is 5.75 Å². The van der Waals surface area contributed by atoms with Gasteiger partial charge < -0.3 is 21.1 Å². The van der Waals surface area contributed by atoms with E-state index in [9.17, 15) is 9.59 Å². The van der Waals surface area contributed by atoms with Crippen LogP contribution in [0.2, 0.25) is 0 Å². The summed E-state index contributed by atoms with van der Waals surface area (Å²) in [5.41, 5.74) is 14.5. The van der Waals surface area contributed by atoms with Gasteiger partial charge in [0.2, 0.25) is 0 Å². The number of carbonyl (C=O) groups excluding carboxylic acids is 2. The van der Waals surface area contributed by atoms with Gasteiger partial charge in [-0.25, -0.2) is 4.68 Å². The molecule has 8 nitrogen and oxygen atoms in total. The van der Waals surface area contributed by atoms with Gasteiger partial charge in [0.1, 0.15) is 22.8 Å². The number of fused-ring (bicyclic) bond motifs is 2. The summed E-state index contributed by atoms with van der Waals surface area (Å²) in [6.45, 7) is 9.26. The standard InChI is InChI=1S/C32H35N5O3/c1-18(2)21-9-11-26-22(16-21)12-13-37-31(35-26)28(30(33)38)29(36-37)23-7-8-24(20(4)15-23)17-34-32(39)25-10-6-19(3)14-27(25)40-5/h6-11,14-16,18,35H,12-13,17H2,1-5H3,(H2,33,38)(H,34,39). The number of aromatic nitrogens is 2. The van der Waals surface area contributed by atoms with E-state index in [4.69, 9.17) is 15.6 Å². The highest BCUT2D eigenvalue weighted by Crippen LogP contribution is 2.36. The minimum Gasteiger partial charge on any atom is -0.496 e. The van der Waals surface area contributed by atoms with Crippen molar-refractivity contribution in [3.05, 3.63) is 93.5 Å². The lowest BCUT2D eigenvalue weighted by molar-refractivity contribution is 0.0946. The Labute approximate surface area is 234 Å². The number of ether oxygens (including phenoxy) is 1. The van der Waals surface area contributed by atoms with Crippen LogP contribution in [0.15, 0.2) is 54.6 Å². The summed E-state index contributed by atoms with van der Waals surface area (Å²) in [4.78, 5) is 25.6. The summed E-state index contributed by atoms with van der Waals surface area (Å²) in [6.07, 6.45) is 0.790. The quantitative estimate of drug-likeness (QED) is 0.283. The van der Waals surface area contributed by atoms with Crippen molar-refractivity contribution in [1.29, 1.82) is 0 Å². The normalized spacial score (nSPS) is 12.2. The number of aryl methyl sites for hydroxylation is 4. The highest BCUT2D eigenvalue weighted by atomic mass is 16.5. The maximum Gasteiger partial charge on any atom is 0.255 e. The van der Waals surface area contributed by atoms with Crippen molar-refractivity contribution >= 4 is 23.3 Å². The predicted molar refractivity (Wildman–Crippen MR) is 157 cm³/mol. The predicted octanol–water partition coefficient (Wildman–Crippen LogP) is 5.63. The van der Waals surface area contributed by atoms with Crippen LogP contribution in [0.4, 0.5) is 11.5 Å². The first-order valence-corrected chi connectivity index (χ1v) is 13.5. The zero-order valence-corrected chi connectivity index (χ0v) is 23.6. The molecule has 0 bridgehead atoms. The second-order valence-electron chi connectivity index (χ2n) is 10.6. The van der Waals surface area contributed by atoms with Crippen molar-refractivity contribution in [2.75, 3.05) is 12.4 Å². The fourth-order valence-electron chi connectivity index (χ4n) is 5.14. The van der Waals surface area contributed by atoms with Crippen LogP contribution in [0.3, 0.4) is 0 Å². The van der Waals surface area contributed by atoms with E-state index in [1.807, 2.05) is 48.9 Å². The number of nitrogens with zero attached hydrogens (tertiary/aromatic N) is 2. The van der Waals surface area contributed by atoms with Gasteiger partial charge in [0, 0.05) is 24.3 Å². The molecule has 2 heterocycles. The first-order valence-electron chi connectivity index (χ1n) is 13.5. The van der Waals surface area contributed by atoms with E-state index in [-0.39, 0.29) is 5.91 Å². The van der Waals surface area contributed by atoms with E-state index in [2.05, 4.69) is 42.7 Å². The minimum absolute atomic E-state index is 0.207. The Bertz CT molecular complexity index is 1620. The number of rotatable bonds is 7. The number of carbonyl (C=O) groups is 2. The SMILES string of the molecule is COc1cc(C)ccc1C(=O)NCc1ccc(-c2nn3c(c2C(N)=O)Nc2ccc(C(C)C)cc2CC3)cc1C. The van der Waals surface area contributed by atoms with Crippen LogP contribution >= 0.6 is 0 Å². The number of methoxy groups -OCH3 is 1. The molecule has 40 heavy (non-hydrogen) atoms. The van der Waals surface area contributed by atoms with Crippen LogP contribution in [-0.2, 0) is 19.5 Å². The molecule has 0 saturated carbocycles. The lowest BCUT2D eigenvalue weighted by atomic mass is 9.98. The number of nitrogens with two attached hydrogens (primary N) is 1. The van der Waals surface area contributed by atoms with Crippen LogP contribution in [0, 0.1) is 13.8 Å². The van der Waals surface area contributed by atoms with Crippen molar-refractivity contribution in [3.8, 4) is 17.0 Å². The minimum atomic E-state index is -0.535. The van der Waals surface area contributed by atoms with Crippen molar-refractivity contribution in [1.82, 2.24) is 15.1 Å². The molecule has 0 atom stereocenters. The summed E-state index contributed by atoms with van der Waals surface area (Å²) in [5, 5.41) is 11.2. The van der Waals surface area contributed by atoms with E-state index in [0.717, 1.165) is 34.4 Å². The molecule has 1 aliphatic rings. The average molecular weight is 538 g/mol. The summed E-state index contributed by atoms with van der Waals surface area (Å²) in [6, 6.07) is 17.7. The third-order valence-corrected chi connectivity index (χ3v) is 7.50. The molecule has 0 aliphatic carbocycles. The molecule has 206 valence electrons. The zero-order valence-electron chi connectivity index (χ0n) is 23.6. The molecule has 0 spiro atoms. The number of primary amides is 1. The molecule has 1 aromatic heterocycles. The van der Waals surface area contributed by atoms with Gasteiger partial charge in [0.25, 0.3) is 11.8 Å². The number of hydrogen-bond acceptors (Lipinski definition) is 5. The van der Waals surface area contributed by atoms with Gasteiger partial charge in [-0.3, -0.25) is 9.59 Å². The smallest absolute Gasteiger partial charge is 0.255 e.